The average molecular weight is 289 g/mol. The van der Waals surface area contributed by atoms with Gasteiger partial charge in [0.2, 0.25) is 0 Å². The number of hydrogen-bond donors (Lipinski definition) is 1. The Morgan fingerprint density at radius 2 is 1.38 bits per heavy atom. The lowest BCUT2D eigenvalue weighted by atomic mass is 9.96. The van der Waals surface area contributed by atoms with Crippen LogP contribution in [0, 0.1) is 0 Å². The number of nitrogens with two attached hydrogens (primary N) is 1. The maximum atomic E-state index is 6.40. The molecule has 1 aliphatic carbocycles. The van der Waals surface area contributed by atoms with Gasteiger partial charge in [0.15, 0.2) is 0 Å². The van der Waals surface area contributed by atoms with Gasteiger partial charge in [0, 0.05) is 6.04 Å². The number of benzene rings is 1. The number of ether oxygens (including phenoxy) is 1. The Labute approximate surface area is 130 Å². The molecule has 1 aromatic carbocycles. The minimum absolute atomic E-state index is 0.202. The standard InChI is InChI=1S/C19H31NO/c20-18-14-10-5-3-1-2-4-6-11-15-19(18)21-16-17-12-8-7-9-13-17/h7-9,12-13,18-19H,1-6,10-11,14-16,20H2. The van der Waals surface area contributed by atoms with Crippen molar-refractivity contribution >= 4 is 0 Å². The highest BCUT2D eigenvalue weighted by Gasteiger charge is 2.18. The molecule has 2 nitrogen and oxygen atoms in total. The van der Waals surface area contributed by atoms with E-state index < -0.39 is 0 Å². The summed E-state index contributed by atoms with van der Waals surface area (Å²) < 4.78 is 6.16. The molecule has 2 unspecified atom stereocenters. The zero-order valence-corrected chi connectivity index (χ0v) is 13.3. The van der Waals surface area contributed by atoms with E-state index in [0.29, 0.717) is 6.61 Å². The SMILES string of the molecule is NC1CCCCCCCCCCC1OCc1ccccc1. The average Bonchev–Trinajstić information content (AvgIpc) is 2.51. The molecule has 118 valence electrons. The van der Waals surface area contributed by atoms with E-state index in [-0.39, 0.29) is 12.1 Å². The zero-order valence-electron chi connectivity index (χ0n) is 13.3. The fourth-order valence-electron chi connectivity index (χ4n) is 3.17. The fourth-order valence-corrected chi connectivity index (χ4v) is 3.17. The van der Waals surface area contributed by atoms with Crippen LogP contribution in [0.15, 0.2) is 30.3 Å². The Kier molecular flexibility index (Phi) is 7.83. The van der Waals surface area contributed by atoms with Crippen LogP contribution in [0.2, 0.25) is 0 Å². The molecule has 2 heteroatoms. The van der Waals surface area contributed by atoms with E-state index in [1.807, 2.05) is 6.07 Å². The van der Waals surface area contributed by atoms with E-state index in [2.05, 4.69) is 24.3 Å². The van der Waals surface area contributed by atoms with Gasteiger partial charge < -0.3 is 10.5 Å². The van der Waals surface area contributed by atoms with Crippen LogP contribution in [0.1, 0.15) is 69.8 Å². The summed E-state index contributed by atoms with van der Waals surface area (Å²) in [5.74, 6) is 0. The van der Waals surface area contributed by atoms with E-state index in [1.54, 1.807) is 0 Å². The number of rotatable bonds is 3. The van der Waals surface area contributed by atoms with Gasteiger partial charge in [-0.25, -0.2) is 0 Å². The molecule has 1 fully saturated rings. The molecule has 21 heavy (non-hydrogen) atoms. The largest absolute Gasteiger partial charge is 0.372 e. The predicted molar refractivity (Wildman–Crippen MR) is 89.2 cm³/mol. The summed E-state index contributed by atoms with van der Waals surface area (Å²) in [5, 5.41) is 0. The van der Waals surface area contributed by atoms with Gasteiger partial charge in [0.1, 0.15) is 0 Å². The van der Waals surface area contributed by atoms with Crippen molar-refractivity contribution in [3.63, 3.8) is 0 Å². The molecular formula is C19H31NO. The van der Waals surface area contributed by atoms with Crippen LogP contribution in [-0.2, 0) is 11.3 Å². The first kappa shape index (κ1) is 16.5. The minimum atomic E-state index is 0.202. The van der Waals surface area contributed by atoms with Crippen LogP contribution in [0.3, 0.4) is 0 Å². The molecule has 2 N–H and O–H groups in total. The van der Waals surface area contributed by atoms with Crippen molar-refractivity contribution in [3.8, 4) is 0 Å². The monoisotopic (exact) mass is 289 g/mol. The fraction of sp³-hybridized carbons (Fsp3) is 0.684. The van der Waals surface area contributed by atoms with E-state index in [9.17, 15) is 0 Å². The van der Waals surface area contributed by atoms with Gasteiger partial charge >= 0.3 is 0 Å². The Morgan fingerprint density at radius 3 is 2.05 bits per heavy atom. The molecule has 2 atom stereocenters. The predicted octanol–water partition coefficient (Wildman–Crippen LogP) is 4.81. The first-order valence-electron chi connectivity index (χ1n) is 8.77. The normalized spacial score (nSPS) is 25.8. The molecule has 0 saturated heterocycles. The maximum Gasteiger partial charge on any atom is 0.0730 e. The summed E-state index contributed by atoms with van der Waals surface area (Å²) in [4.78, 5) is 0. The third-order valence-corrected chi connectivity index (χ3v) is 4.56. The molecule has 0 aromatic heterocycles. The second-order valence-electron chi connectivity index (χ2n) is 6.40. The van der Waals surface area contributed by atoms with Crippen LogP contribution in [0.25, 0.3) is 0 Å². The Bertz CT molecular complexity index is 365. The molecule has 1 aromatic rings. The molecule has 0 radical (unpaired) electrons. The van der Waals surface area contributed by atoms with Gasteiger partial charge in [-0.05, 0) is 18.4 Å². The zero-order chi connectivity index (χ0) is 14.8. The highest BCUT2D eigenvalue weighted by Crippen LogP contribution is 2.19. The van der Waals surface area contributed by atoms with E-state index >= 15 is 0 Å². The van der Waals surface area contributed by atoms with Crippen molar-refractivity contribution in [1.29, 1.82) is 0 Å². The molecule has 1 saturated carbocycles. The molecule has 0 heterocycles. The van der Waals surface area contributed by atoms with Crippen molar-refractivity contribution in [3.05, 3.63) is 35.9 Å². The summed E-state index contributed by atoms with van der Waals surface area (Å²) in [6, 6.07) is 10.6. The lowest BCUT2D eigenvalue weighted by Crippen LogP contribution is -2.36. The smallest absolute Gasteiger partial charge is 0.0730 e. The summed E-state index contributed by atoms with van der Waals surface area (Å²) in [6.07, 6.45) is 13.2. The molecule has 0 spiro atoms. The van der Waals surface area contributed by atoms with Crippen molar-refractivity contribution in [2.75, 3.05) is 0 Å². The number of hydrogen-bond acceptors (Lipinski definition) is 2. The Morgan fingerprint density at radius 1 is 0.810 bits per heavy atom. The Hall–Kier alpha value is -0.860. The highest BCUT2D eigenvalue weighted by atomic mass is 16.5. The molecule has 0 bridgehead atoms. The first-order chi connectivity index (χ1) is 10.4. The summed E-state index contributed by atoms with van der Waals surface area (Å²) in [7, 11) is 0. The van der Waals surface area contributed by atoms with Crippen molar-refractivity contribution in [2.24, 2.45) is 5.73 Å². The van der Waals surface area contributed by atoms with E-state index in [1.165, 1.54) is 56.9 Å². The van der Waals surface area contributed by atoms with Crippen LogP contribution < -0.4 is 5.73 Å². The third kappa shape index (κ3) is 6.62. The van der Waals surface area contributed by atoms with Crippen LogP contribution in [0.5, 0.6) is 0 Å². The second kappa shape index (κ2) is 9.97. The summed E-state index contributed by atoms with van der Waals surface area (Å²) >= 11 is 0. The minimum Gasteiger partial charge on any atom is -0.372 e. The van der Waals surface area contributed by atoms with Gasteiger partial charge in [-0.1, -0.05) is 81.7 Å². The van der Waals surface area contributed by atoms with Gasteiger partial charge in [-0.2, -0.15) is 0 Å². The van der Waals surface area contributed by atoms with E-state index in [4.69, 9.17) is 10.5 Å². The second-order valence-corrected chi connectivity index (χ2v) is 6.40. The van der Waals surface area contributed by atoms with Gasteiger partial charge in [-0.15, -0.1) is 0 Å². The van der Waals surface area contributed by atoms with Crippen molar-refractivity contribution < 1.29 is 4.74 Å². The van der Waals surface area contributed by atoms with Gasteiger partial charge in [-0.3, -0.25) is 0 Å². The topological polar surface area (TPSA) is 35.2 Å². The maximum absolute atomic E-state index is 6.40. The Balaban J connectivity index is 1.82. The lowest BCUT2D eigenvalue weighted by Gasteiger charge is -2.25. The van der Waals surface area contributed by atoms with Crippen molar-refractivity contribution in [2.45, 2.75) is 83.0 Å². The molecule has 0 aliphatic heterocycles. The van der Waals surface area contributed by atoms with Gasteiger partial charge in [0.25, 0.3) is 0 Å². The molecule has 2 rings (SSSR count). The van der Waals surface area contributed by atoms with Crippen LogP contribution in [0.4, 0.5) is 0 Å². The van der Waals surface area contributed by atoms with Crippen molar-refractivity contribution in [1.82, 2.24) is 0 Å². The summed E-state index contributed by atoms with van der Waals surface area (Å²) in [6.45, 7) is 0.694. The molecule has 0 amide bonds. The summed E-state index contributed by atoms with van der Waals surface area (Å²) in [5.41, 5.74) is 7.64. The van der Waals surface area contributed by atoms with Gasteiger partial charge in [0.05, 0.1) is 12.7 Å². The first-order valence-corrected chi connectivity index (χ1v) is 8.77. The molecule has 1 aliphatic rings. The van der Waals surface area contributed by atoms with Crippen LogP contribution >= 0.6 is 0 Å². The van der Waals surface area contributed by atoms with Crippen LogP contribution in [-0.4, -0.2) is 12.1 Å². The molecular weight excluding hydrogens is 258 g/mol. The quantitative estimate of drug-likeness (QED) is 0.866. The third-order valence-electron chi connectivity index (χ3n) is 4.56. The lowest BCUT2D eigenvalue weighted by molar-refractivity contribution is 0.0139. The highest BCUT2D eigenvalue weighted by molar-refractivity contribution is 5.13. The van der Waals surface area contributed by atoms with E-state index in [0.717, 1.165) is 12.8 Å².